The highest BCUT2D eigenvalue weighted by Crippen LogP contribution is 2.14. The third-order valence-electron chi connectivity index (χ3n) is 2.72. The highest BCUT2D eigenvalue weighted by Gasteiger charge is 2.29. The molecule has 0 aliphatic heterocycles. The number of carbonyl (C=O) groups excluding carboxylic acids is 2. The molecule has 4 nitrogen and oxygen atoms in total. The molecule has 1 aromatic carbocycles. The molecule has 0 unspecified atom stereocenters. The fourth-order valence-electron chi connectivity index (χ4n) is 1.69. The molecule has 0 spiro atoms. The summed E-state index contributed by atoms with van der Waals surface area (Å²) in [7, 11) is 0. The quantitative estimate of drug-likeness (QED) is 0.840. The van der Waals surface area contributed by atoms with Crippen LogP contribution in [0, 0.1) is 5.92 Å². The predicted octanol–water partition coefficient (Wildman–Crippen LogP) is 3.55. The molecule has 0 aromatic heterocycles. The maximum atomic E-state index is 12.2. The van der Waals surface area contributed by atoms with E-state index in [2.05, 4.69) is 21.2 Å². The predicted molar refractivity (Wildman–Crippen MR) is 86.1 cm³/mol. The van der Waals surface area contributed by atoms with Gasteiger partial charge in [0.2, 0.25) is 0 Å². The minimum atomic E-state index is -0.666. The molecule has 0 saturated heterocycles. The summed E-state index contributed by atoms with van der Waals surface area (Å²) in [5.74, 6) is -0.755. The van der Waals surface area contributed by atoms with Crippen molar-refractivity contribution in [1.29, 1.82) is 0 Å². The first-order valence-corrected chi connectivity index (χ1v) is 7.69. The summed E-state index contributed by atoms with van der Waals surface area (Å²) in [6, 6.07) is 6.30. The van der Waals surface area contributed by atoms with Crippen molar-refractivity contribution < 1.29 is 14.3 Å². The lowest BCUT2D eigenvalue weighted by Crippen LogP contribution is -2.47. The molecule has 0 bridgehead atoms. The van der Waals surface area contributed by atoms with Crippen molar-refractivity contribution >= 4 is 27.8 Å². The van der Waals surface area contributed by atoms with Crippen molar-refractivity contribution in [1.82, 2.24) is 5.32 Å². The Kier molecular flexibility index (Phi) is 5.96. The van der Waals surface area contributed by atoms with E-state index in [1.807, 2.05) is 13.8 Å². The van der Waals surface area contributed by atoms with Crippen molar-refractivity contribution in [3.05, 3.63) is 34.3 Å². The summed E-state index contributed by atoms with van der Waals surface area (Å²) in [5, 5.41) is 2.75. The van der Waals surface area contributed by atoms with E-state index >= 15 is 0 Å². The van der Waals surface area contributed by atoms with Crippen LogP contribution in [0.15, 0.2) is 28.7 Å². The largest absolute Gasteiger partial charge is 0.458 e. The Hall–Kier alpha value is -1.36. The van der Waals surface area contributed by atoms with Crippen LogP contribution < -0.4 is 5.32 Å². The Balaban J connectivity index is 2.81. The number of hydrogen-bond acceptors (Lipinski definition) is 3. The van der Waals surface area contributed by atoms with Crippen LogP contribution >= 0.6 is 15.9 Å². The average Bonchev–Trinajstić information content (AvgIpc) is 2.33. The molecule has 5 heteroatoms. The molecule has 116 valence electrons. The van der Waals surface area contributed by atoms with Gasteiger partial charge in [0.15, 0.2) is 0 Å². The first kappa shape index (κ1) is 17.7. The van der Waals surface area contributed by atoms with Gasteiger partial charge in [-0.15, -0.1) is 0 Å². The van der Waals surface area contributed by atoms with Gasteiger partial charge in [-0.05, 0) is 51.0 Å². The molecule has 1 aromatic rings. The zero-order valence-electron chi connectivity index (χ0n) is 13.1. The van der Waals surface area contributed by atoms with Crippen LogP contribution in [0.3, 0.4) is 0 Å². The van der Waals surface area contributed by atoms with E-state index in [-0.39, 0.29) is 11.8 Å². The SMILES string of the molecule is CC(C)[C@H](NC(=O)c1ccc(Br)cc1)C(=O)OC(C)(C)C. The number of hydrogen-bond donors (Lipinski definition) is 1. The standard InChI is InChI=1S/C16H22BrNO3/c1-10(2)13(15(20)21-16(3,4)5)18-14(19)11-6-8-12(17)9-7-11/h6-10,13H,1-5H3,(H,18,19)/t13-/m0/s1. The Morgan fingerprint density at radius 1 is 1.14 bits per heavy atom. The van der Waals surface area contributed by atoms with Gasteiger partial charge in [0.05, 0.1) is 0 Å². The number of carbonyl (C=O) groups is 2. The second-order valence-corrected chi connectivity index (χ2v) is 7.15. The highest BCUT2D eigenvalue weighted by atomic mass is 79.9. The molecule has 1 rings (SSSR count). The monoisotopic (exact) mass is 355 g/mol. The molecular weight excluding hydrogens is 334 g/mol. The van der Waals surface area contributed by atoms with Crippen LogP contribution in [0.2, 0.25) is 0 Å². The molecule has 0 aliphatic carbocycles. The second kappa shape index (κ2) is 7.07. The topological polar surface area (TPSA) is 55.4 Å². The van der Waals surface area contributed by atoms with Crippen molar-refractivity contribution in [2.45, 2.75) is 46.3 Å². The third-order valence-corrected chi connectivity index (χ3v) is 3.25. The molecule has 0 heterocycles. The zero-order chi connectivity index (χ0) is 16.2. The maximum Gasteiger partial charge on any atom is 0.329 e. The lowest BCUT2D eigenvalue weighted by Gasteiger charge is -2.26. The van der Waals surface area contributed by atoms with E-state index in [1.165, 1.54) is 0 Å². The molecule has 1 amide bonds. The lowest BCUT2D eigenvalue weighted by atomic mass is 10.0. The van der Waals surface area contributed by atoms with E-state index in [9.17, 15) is 9.59 Å². The molecule has 0 radical (unpaired) electrons. The third kappa shape index (κ3) is 5.87. The van der Waals surface area contributed by atoms with Crippen LogP contribution in [0.5, 0.6) is 0 Å². The van der Waals surface area contributed by atoms with Crippen molar-refractivity contribution in [2.75, 3.05) is 0 Å². The van der Waals surface area contributed by atoms with E-state index in [0.29, 0.717) is 5.56 Å². The highest BCUT2D eigenvalue weighted by molar-refractivity contribution is 9.10. The molecule has 0 fully saturated rings. The maximum absolute atomic E-state index is 12.2. The Labute approximate surface area is 134 Å². The minimum Gasteiger partial charge on any atom is -0.458 e. The number of amides is 1. The molecule has 1 atom stereocenters. The lowest BCUT2D eigenvalue weighted by molar-refractivity contribution is -0.158. The normalized spacial score (nSPS) is 12.9. The van der Waals surface area contributed by atoms with Crippen LogP contribution in [0.4, 0.5) is 0 Å². The number of ether oxygens (including phenoxy) is 1. The number of esters is 1. The van der Waals surface area contributed by atoms with Gasteiger partial charge < -0.3 is 10.1 Å². The van der Waals surface area contributed by atoms with Gasteiger partial charge in [-0.1, -0.05) is 29.8 Å². The summed E-state index contributed by atoms with van der Waals surface area (Å²) < 4.78 is 6.25. The van der Waals surface area contributed by atoms with Gasteiger partial charge in [0, 0.05) is 10.0 Å². The van der Waals surface area contributed by atoms with Crippen molar-refractivity contribution in [3.8, 4) is 0 Å². The average molecular weight is 356 g/mol. The Morgan fingerprint density at radius 3 is 2.10 bits per heavy atom. The zero-order valence-corrected chi connectivity index (χ0v) is 14.7. The van der Waals surface area contributed by atoms with Gasteiger partial charge in [-0.2, -0.15) is 0 Å². The molecular formula is C16H22BrNO3. The number of halogens is 1. The molecule has 0 saturated carbocycles. The van der Waals surface area contributed by atoms with E-state index in [0.717, 1.165) is 4.47 Å². The number of benzene rings is 1. The minimum absolute atomic E-state index is 0.0563. The van der Waals surface area contributed by atoms with E-state index in [4.69, 9.17) is 4.74 Å². The van der Waals surface area contributed by atoms with Gasteiger partial charge in [-0.3, -0.25) is 4.79 Å². The first-order chi connectivity index (χ1) is 9.60. The van der Waals surface area contributed by atoms with Crippen LogP contribution in [0.25, 0.3) is 0 Å². The molecule has 1 N–H and O–H groups in total. The number of nitrogens with one attached hydrogen (secondary N) is 1. The number of rotatable bonds is 4. The van der Waals surface area contributed by atoms with Crippen molar-refractivity contribution in [3.63, 3.8) is 0 Å². The van der Waals surface area contributed by atoms with Crippen molar-refractivity contribution in [2.24, 2.45) is 5.92 Å². The summed E-state index contributed by atoms with van der Waals surface area (Å²) in [5.41, 5.74) is -0.0700. The summed E-state index contributed by atoms with van der Waals surface area (Å²) in [6.07, 6.45) is 0. The van der Waals surface area contributed by atoms with E-state index in [1.54, 1.807) is 45.0 Å². The fourth-order valence-corrected chi connectivity index (χ4v) is 1.95. The summed E-state index contributed by atoms with van der Waals surface area (Å²) in [4.78, 5) is 24.4. The first-order valence-electron chi connectivity index (χ1n) is 6.89. The van der Waals surface area contributed by atoms with Gasteiger partial charge in [-0.25, -0.2) is 4.79 Å². The Morgan fingerprint density at radius 2 is 1.67 bits per heavy atom. The van der Waals surface area contributed by atoms with Gasteiger partial charge in [0.1, 0.15) is 11.6 Å². The van der Waals surface area contributed by atoms with Crippen LogP contribution in [0.1, 0.15) is 45.0 Å². The Bertz CT molecular complexity index is 503. The van der Waals surface area contributed by atoms with Crippen LogP contribution in [-0.4, -0.2) is 23.5 Å². The van der Waals surface area contributed by atoms with Gasteiger partial charge >= 0.3 is 5.97 Å². The fraction of sp³-hybridized carbons (Fsp3) is 0.500. The summed E-state index contributed by atoms with van der Waals surface area (Å²) >= 11 is 3.32. The van der Waals surface area contributed by atoms with Crippen LogP contribution in [-0.2, 0) is 9.53 Å². The smallest absolute Gasteiger partial charge is 0.329 e. The molecule has 21 heavy (non-hydrogen) atoms. The van der Waals surface area contributed by atoms with E-state index < -0.39 is 17.6 Å². The summed E-state index contributed by atoms with van der Waals surface area (Å²) in [6.45, 7) is 9.16. The second-order valence-electron chi connectivity index (χ2n) is 6.24. The molecule has 0 aliphatic rings. The van der Waals surface area contributed by atoms with Gasteiger partial charge in [0.25, 0.3) is 5.91 Å².